The van der Waals surface area contributed by atoms with Crippen LogP contribution in [0.1, 0.15) is 22.3 Å². The van der Waals surface area contributed by atoms with Crippen LogP contribution in [0.25, 0.3) is 88.5 Å². The lowest BCUT2D eigenvalue weighted by Gasteiger charge is -2.13. The van der Waals surface area contributed by atoms with Crippen LogP contribution in [0.3, 0.4) is 0 Å². The number of aryl methyl sites for hydroxylation is 4. The van der Waals surface area contributed by atoms with E-state index >= 15 is 0 Å². The molecule has 0 aliphatic carbocycles. The van der Waals surface area contributed by atoms with Gasteiger partial charge in [0.2, 0.25) is 0 Å². The minimum absolute atomic E-state index is 0.808. The van der Waals surface area contributed by atoms with Crippen molar-refractivity contribution in [1.82, 2.24) is 30.4 Å². The molecule has 0 N–H and O–H groups in total. The molecule has 0 saturated carbocycles. The average molecular weight is 635 g/mol. The fraction of sp³-hybridized carbons (Fsp3) is 0.0952. The zero-order valence-corrected chi connectivity index (χ0v) is 27.5. The summed E-state index contributed by atoms with van der Waals surface area (Å²) in [6, 6.07) is 29.7. The lowest BCUT2D eigenvalue weighted by molar-refractivity contribution is 0.669. The summed E-state index contributed by atoms with van der Waals surface area (Å²) >= 11 is 0. The van der Waals surface area contributed by atoms with Crippen molar-refractivity contribution in [3.8, 4) is 44.8 Å². The van der Waals surface area contributed by atoms with Crippen molar-refractivity contribution < 1.29 is 4.42 Å². The molecule has 4 aromatic carbocycles. The van der Waals surface area contributed by atoms with E-state index in [2.05, 4.69) is 119 Å². The Hall–Kier alpha value is -6.34. The number of pyridine rings is 2. The molecule has 0 fully saturated rings. The highest BCUT2D eigenvalue weighted by atomic mass is 16.3. The van der Waals surface area contributed by atoms with E-state index in [-0.39, 0.29) is 0 Å². The summed E-state index contributed by atoms with van der Waals surface area (Å²) in [5, 5.41) is 21.7. The van der Waals surface area contributed by atoms with Crippen LogP contribution in [-0.4, -0.2) is 30.4 Å². The molecular formula is C42H30N6O. The molecule has 5 heterocycles. The van der Waals surface area contributed by atoms with E-state index in [9.17, 15) is 0 Å². The predicted molar refractivity (Wildman–Crippen MR) is 196 cm³/mol. The molecule has 0 aliphatic heterocycles. The van der Waals surface area contributed by atoms with Crippen molar-refractivity contribution in [3.05, 3.63) is 132 Å². The van der Waals surface area contributed by atoms with Crippen LogP contribution >= 0.6 is 0 Å². The van der Waals surface area contributed by atoms with Gasteiger partial charge in [-0.25, -0.2) is 0 Å². The molecule has 9 rings (SSSR count). The second kappa shape index (κ2) is 11.1. The standard InChI is InChI=1S/C42H30N6O/c1-23-15-31(16-24(2)37(23)41-39-29(21-45-47-41)7-5-13-43-39)27-9-11-33-34-12-10-28(20-36(34)49-35(33)19-27)32-17-25(3)38(26(4)18-32)42-40-30(22-46-48-42)8-6-14-44-40/h5-22H,1-4H3. The summed E-state index contributed by atoms with van der Waals surface area (Å²) in [6.45, 7) is 8.50. The Morgan fingerprint density at radius 1 is 0.469 bits per heavy atom. The number of benzene rings is 4. The fourth-order valence-electron chi connectivity index (χ4n) is 7.31. The second-order valence-corrected chi connectivity index (χ2v) is 12.8. The Morgan fingerprint density at radius 3 is 1.33 bits per heavy atom. The van der Waals surface area contributed by atoms with Gasteiger partial charge in [-0.15, -0.1) is 10.2 Å². The van der Waals surface area contributed by atoms with Crippen LogP contribution in [-0.2, 0) is 0 Å². The van der Waals surface area contributed by atoms with Crippen molar-refractivity contribution in [2.75, 3.05) is 0 Å². The van der Waals surface area contributed by atoms with Gasteiger partial charge in [0, 0.05) is 45.1 Å². The third-order valence-corrected chi connectivity index (χ3v) is 9.51. The molecule has 9 aromatic rings. The molecule has 0 unspecified atom stereocenters. The van der Waals surface area contributed by atoms with E-state index in [0.717, 1.165) is 111 Å². The monoisotopic (exact) mass is 634 g/mol. The van der Waals surface area contributed by atoms with Crippen molar-refractivity contribution in [3.63, 3.8) is 0 Å². The number of nitrogens with zero attached hydrogens (tertiary/aromatic N) is 6. The van der Waals surface area contributed by atoms with Crippen molar-refractivity contribution in [2.24, 2.45) is 0 Å². The van der Waals surface area contributed by atoms with Gasteiger partial charge in [0.1, 0.15) is 22.6 Å². The molecule has 0 aliphatic rings. The summed E-state index contributed by atoms with van der Waals surface area (Å²) in [6.07, 6.45) is 7.12. The number of aromatic nitrogens is 6. The molecule has 0 amide bonds. The highest BCUT2D eigenvalue weighted by Crippen LogP contribution is 2.39. The number of furan rings is 1. The Balaban J connectivity index is 1.08. The molecule has 7 heteroatoms. The maximum absolute atomic E-state index is 6.53. The lowest BCUT2D eigenvalue weighted by atomic mass is 9.92. The van der Waals surface area contributed by atoms with Gasteiger partial charge in [0.15, 0.2) is 0 Å². The topological polar surface area (TPSA) is 90.5 Å². The zero-order chi connectivity index (χ0) is 33.2. The van der Waals surface area contributed by atoms with Gasteiger partial charge < -0.3 is 4.42 Å². The highest BCUT2D eigenvalue weighted by molar-refractivity contribution is 6.07. The minimum Gasteiger partial charge on any atom is -0.456 e. The summed E-state index contributed by atoms with van der Waals surface area (Å²) in [5.41, 5.74) is 16.1. The largest absolute Gasteiger partial charge is 0.456 e. The summed E-state index contributed by atoms with van der Waals surface area (Å²) < 4.78 is 6.53. The third kappa shape index (κ3) is 4.73. The number of hydrogen-bond acceptors (Lipinski definition) is 7. The van der Waals surface area contributed by atoms with E-state index in [4.69, 9.17) is 4.42 Å². The van der Waals surface area contributed by atoms with Gasteiger partial charge in [0.05, 0.1) is 23.4 Å². The van der Waals surface area contributed by atoms with Crippen LogP contribution < -0.4 is 0 Å². The average Bonchev–Trinajstić information content (AvgIpc) is 3.48. The fourth-order valence-corrected chi connectivity index (χ4v) is 7.31. The molecule has 0 saturated heterocycles. The van der Waals surface area contributed by atoms with E-state index in [1.807, 2.05) is 24.3 Å². The van der Waals surface area contributed by atoms with E-state index < -0.39 is 0 Å². The second-order valence-electron chi connectivity index (χ2n) is 12.8. The molecule has 0 radical (unpaired) electrons. The predicted octanol–water partition coefficient (Wildman–Crippen LogP) is 10.2. The smallest absolute Gasteiger partial charge is 0.136 e. The van der Waals surface area contributed by atoms with Gasteiger partial charge >= 0.3 is 0 Å². The van der Waals surface area contributed by atoms with Crippen LogP contribution in [0.4, 0.5) is 0 Å². The van der Waals surface area contributed by atoms with Crippen LogP contribution in [0.5, 0.6) is 0 Å². The summed E-state index contributed by atoms with van der Waals surface area (Å²) in [5.74, 6) is 0. The van der Waals surface area contributed by atoms with E-state index in [1.54, 1.807) is 24.8 Å². The molecule has 7 nitrogen and oxygen atoms in total. The molecule has 5 aromatic heterocycles. The SMILES string of the molecule is Cc1cc(-c2ccc3c(c2)oc2cc(-c4cc(C)c(-c5nncc6cccnc56)c(C)c4)ccc23)cc(C)c1-c1nncc2cccnc12. The quantitative estimate of drug-likeness (QED) is 0.190. The Labute approximate surface area is 282 Å². The third-order valence-electron chi connectivity index (χ3n) is 9.51. The van der Waals surface area contributed by atoms with Crippen molar-refractivity contribution in [2.45, 2.75) is 27.7 Å². The Bertz CT molecular complexity index is 2540. The number of rotatable bonds is 4. The van der Waals surface area contributed by atoms with Crippen LogP contribution in [0.2, 0.25) is 0 Å². The molecular weight excluding hydrogens is 605 g/mol. The minimum atomic E-state index is 0.808. The highest BCUT2D eigenvalue weighted by Gasteiger charge is 2.18. The van der Waals surface area contributed by atoms with Gasteiger partial charge in [-0.1, -0.05) is 36.4 Å². The van der Waals surface area contributed by atoms with Crippen molar-refractivity contribution in [1.29, 1.82) is 0 Å². The first-order chi connectivity index (χ1) is 23.9. The zero-order valence-electron chi connectivity index (χ0n) is 27.5. The number of fused-ring (bicyclic) bond motifs is 5. The van der Waals surface area contributed by atoms with Crippen LogP contribution in [0.15, 0.2) is 114 Å². The first-order valence-electron chi connectivity index (χ1n) is 16.3. The molecule has 0 bridgehead atoms. The maximum Gasteiger partial charge on any atom is 0.136 e. The summed E-state index contributed by atoms with van der Waals surface area (Å²) in [4.78, 5) is 9.23. The first kappa shape index (κ1) is 28.8. The van der Waals surface area contributed by atoms with Gasteiger partial charge in [-0.05, 0) is 121 Å². The normalized spacial score (nSPS) is 11.7. The van der Waals surface area contributed by atoms with Gasteiger partial charge in [-0.3, -0.25) is 9.97 Å². The molecule has 49 heavy (non-hydrogen) atoms. The lowest BCUT2D eigenvalue weighted by Crippen LogP contribution is -1.97. The molecule has 0 spiro atoms. The molecule has 0 atom stereocenters. The molecule has 234 valence electrons. The van der Waals surface area contributed by atoms with Gasteiger partial charge in [-0.2, -0.15) is 10.2 Å². The van der Waals surface area contributed by atoms with E-state index in [0.29, 0.717) is 0 Å². The first-order valence-corrected chi connectivity index (χ1v) is 16.3. The Kier molecular flexibility index (Phi) is 6.55. The maximum atomic E-state index is 6.53. The van der Waals surface area contributed by atoms with Gasteiger partial charge in [0.25, 0.3) is 0 Å². The number of hydrogen-bond donors (Lipinski definition) is 0. The van der Waals surface area contributed by atoms with Crippen molar-refractivity contribution >= 4 is 43.7 Å². The Morgan fingerprint density at radius 2 is 0.898 bits per heavy atom. The summed E-state index contributed by atoms with van der Waals surface area (Å²) in [7, 11) is 0. The van der Waals surface area contributed by atoms with Crippen LogP contribution in [0, 0.1) is 27.7 Å². The van der Waals surface area contributed by atoms with E-state index in [1.165, 1.54) is 0 Å².